The number of aryl methyl sites for hydroxylation is 1. The molecule has 0 bridgehead atoms. The molecule has 0 fully saturated rings. The van der Waals surface area contributed by atoms with E-state index in [0.717, 1.165) is 22.7 Å². The summed E-state index contributed by atoms with van der Waals surface area (Å²) in [5.74, 6) is -1.18. The summed E-state index contributed by atoms with van der Waals surface area (Å²) in [6, 6.07) is 4.04. The number of hydrogen-bond donors (Lipinski definition) is 1. The minimum absolute atomic E-state index is 0.0875. The molecule has 0 atom stereocenters. The summed E-state index contributed by atoms with van der Waals surface area (Å²) in [6.45, 7) is 1.75. The Morgan fingerprint density at radius 1 is 1.25 bits per heavy atom. The fourth-order valence-corrected chi connectivity index (χ4v) is 2.15. The topological polar surface area (TPSA) is 39.2 Å². The minimum atomic E-state index is -0.925. The highest BCUT2D eigenvalue weighted by Crippen LogP contribution is 2.36. The van der Waals surface area contributed by atoms with Gasteiger partial charge in [-0.15, -0.1) is 0 Å². The Morgan fingerprint density at radius 2 is 2.00 bits per heavy atom. The lowest BCUT2D eigenvalue weighted by Gasteiger charge is -2.06. The predicted molar refractivity (Wildman–Crippen MR) is 58.3 cm³/mol. The van der Waals surface area contributed by atoms with Crippen LogP contribution in [0.5, 0.6) is 0 Å². The lowest BCUT2D eigenvalue weighted by Crippen LogP contribution is -1.95. The molecule has 0 aliphatic carbocycles. The summed E-state index contributed by atoms with van der Waals surface area (Å²) in [5, 5.41) is 0. The summed E-state index contributed by atoms with van der Waals surface area (Å²) >= 11 is 1.05. The molecule has 0 unspecified atom stereocenters. The molecule has 84 valence electrons. The van der Waals surface area contributed by atoms with Gasteiger partial charge in [-0.3, -0.25) is 0 Å². The summed E-state index contributed by atoms with van der Waals surface area (Å²) in [4.78, 5) is 0.806. The van der Waals surface area contributed by atoms with Crippen LogP contribution in [0.25, 0.3) is 0 Å². The summed E-state index contributed by atoms with van der Waals surface area (Å²) in [7, 11) is 0. The molecule has 1 aromatic heterocycles. The second-order valence-corrected chi connectivity index (χ2v) is 4.28. The van der Waals surface area contributed by atoms with Crippen LogP contribution in [0.3, 0.4) is 0 Å². The first-order valence-corrected chi connectivity index (χ1v) is 5.36. The highest BCUT2D eigenvalue weighted by atomic mass is 32.2. The van der Waals surface area contributed by atoms with Crippen LogP contribution in [-0.2, 0) is 0 Å². The second-order valence-electron chi connectivity index (χ2n) is 3.22. The van der Waals surface area contributed by atoms with Crippen molar-refractivity contribution in [2.45, 2.75) is 16.7 Å². The third kappa shape index (κ3) is 1.90. The Bertz CT molecular complexity index is 525. The summed E-state index contributed by atoms with van der Waals surface area (Å²) in [5.41, 5.74) is 5.81. The first-order chi connectivity index (χ1) is 7.59. The van der Waals surface area contributed by atoms with Crippen molar-refractivity contribution in [2.24, 2.45) is 0 Å². The SMILES string of the molecule is Cc1occc1Sc1c(N)ccc(F)c1F. The van der Waals surface area contributed by atoms with E-state index in [4.69, 9.17) is 10.2 Å². The van der Waals surface area contributed by atoms with Crippen LogP contribution < -0.4 is 5.73 Å². The molecule has 0 saturated heterocycles. The Morgan fingerprint density at radius 3 is 2.62 bits per heavy atom. The highest BCUT2D eigenvalue weighted by Gasteiger charge is 2.15. The van der Waals surface area contributed by atoms with Gasteiger partial charge < -0.3 is 10.2 Å². The minimum Gasteiger partial charge on any atom is -0.468 e. The number of nitrogens with two attached hydrogens (primary N) is 1. The van der Waals surface area contributed by atoms with Crippen molar-refractivity contribution in [1.29, 1.82) is 0 Å². The van der Waals surface area contributed by atoms with Crippen molar-refractivity contribution in [3.63, 3.8) is 0 Å². The highest BCUT2D eigenvalue weighted by molar-refractivity contribution is 7.99. The number of halogens is 2. The van der Waals surface area contributed by atoms with Gasteiger partial charge in [-0.1, -0.05) is 11.8 Å². The lowest BCUT2D eigenvalue weighted by atomic mass is 10.3. The molecule has 5 heteroatoms. The molecule has 2 nitrogen and oxygen atoms in total. The van der Waals surface area contributed by atoms with Crippen molar-refractivity contribution in [1.82, 2.24) is 0 Å². The molecular formula is C11H9F2NOS. The molecule has 2 aromatic rings. The number of rotatable bonds is 2. The number of hydrogen-bond acceptors (Lipinski definition) is 3. The molecule has 2 N–H and O–H groups in total. The number of benzene rings is 1. The van der Waals surface area contributed by atoms with Gasteiger partial charge in [0.25, 0.3) is 0 Å². The average molecular weight is 241 g/mol. The summed E-state index contributed by atoms with van der Waals surface area (Å²) in [6.07, 6.45) is 1.49. The largest absolute Gasteiger partial charge is 0.468 e. The molecule has 1 aromatic carbocycles. The van der Waals surface area contributed by atoms with Gasteiger partial charge >= 0.3 is 0 Å². The van der Waals surface area contributed by atoms with Crippen LogP contribution in [0.2, 0.25) is 0 Å². The van der Waals surface area contributed by atoms with Crippen molar-refractivity contribution >= 4 is 17.4 Å². The van der Waals surface area contributed by atoms with E-state index in [-0.39, 0.29) is 10.6 Å². The molecule has 1 heterocycles. The zero-order valence-corrected chi connectivity index (χ0v) is 9.28. The van der Waals surface area contributed by atoms with Gasteiger partial charge in [-0.05, 0) is 25.1 Å². The third-order valence-electron chi connectivity index (χ3n) is 2.10. The van der Waals surface area contributed by atoms with Gasteiger partial charge in [0.05, 0.1) is 16.1 Å². The van der Waals surface area contributed by atoms with Crippen molar-refractivity contribution in [2.75, 3.05) is 5.73 Å². The normalized spacial score (nSPS) is 10.7. The molecule has 0 aliphatic heterocycles. The van der Waals surface area contributed by atoms with Gasteiger partial charge in [-0.2, -0.15) is 0 Å². The molecule has 0 amide bonds. The number of anilines is 1. The van der Waals surface area contributed by atoms with E-state index in [1.807, 2.05) is 0 Å². The second kappa shape index (κ2) is 4.17. The first kappa shape index (κ1) is 11.0. The molecular weight excluding hydrogens is 232 g/mol. The zero-order chi connectivity index (χ0) is 11.7. The van der Waals surface area contributed by atoms with Gasteiger partial charge in [0.2, 0.25) is 0 Å². The maximum atomic E-state index is 13.5. The first-order valence-electron chi connectivity index (χ1n) is 4.55. The van der Waals surface area contributed by atoms with Crippen LogP contribution in [0.15, 0.2) is 38.7 Å². The fourth-order valence-electron chi connectivity index (χ4n) is 1.24. The molecule has 0 spiro atoms. The molecule has 0 aliphatic rings. The standard InChI is InChI=1S/C11H9F2NOS/c1-6-9(4-5-15-6)16-11-8(14)3-2-7(12)10(11)13/h2-5H,14H2,1H3. The van der Waals surface area contributed by atoms with Crippen molar-refractivity contribution < 1.29 is 13.2 Å². The molecule has 2 rings (SSSR count). The number of furan rings is 1. The van der Waals surface area contributed by atoms with Crippen LogP contribution in [0.4, 0.5) is 14.5 Å². The quantitative estimate of drug-likeness (QED) is 0.816. The van der Waals surface area contributed by atoms with E-state index in [1.54, 1.807) is 13.0 Å². The lowest BCUT2D eigenvalue weighted by molar-refractivity contribution is 0.492. The van der Waals surface area contributed by atoms with Crippen LogP contribution in [-0.4, -0.2) is 0 Å². The Labute approximate surface area is 95.4 Å². The van der Waals surface area contributed by atoms with E-state index in [9.17, 15) is 8.78 Å². The van der Waals surface area contributed by atoms with E-state index in [0.29, 0.717) is 5.76 Å². The van der Waals surface area contributed by atoms with Crippen LogP contribution in [0.1, 0.15) is 5.76 Å². The van der Waals surface area contributed by atoms with E-state index >= 15 is 0 Å². The molecule has 16 heavy (non-hydrogen) atoms. The van der Waals surface area contributed by atoms with E-state index < -0.39 is 11.6 Å². The molecule has 0 radical (unpaired) electrons. The van der Waals surface area contributed by atoms with Gasteiger partial charge in [0.15, 0.2) is 11.6 Å². The monoisotopic (exact) mass is 241 g/mol. The average Bonchev–Trinajstić information content (AvgIpc) is 2.65. The predicted octanol–water partition coefficient (Wildman–Crippen LogP) is 3.60. The maximum absolute atomic E-state index is 13.5. The molecule has 0 saturated carbocycles. The smallest absolute Gasteiger partial charge is 0.174 e. The zero-order valence-electron chi connectivity index (χ0n) is 8.46. The Kier molecular flexibility index (Phi) is 2.87. The summed E-state index contributed by atoms with van der Waals surface area (Å²) < 4.78 is 31.6. The van der Waals surface area contributed by atoms with Crippen molar-refractivity contribution in [3.05, 3.63) is 41.9 Å². The van der Waals surface area contributed by atoms with Crippen LogP contribution >= 0.6 is 11.8 Å². The van der Waals surface area contributed by atoms with E-state index in [1.165, 1.54) is 12.3 Å². The van der Waals surface area contributed by atoms with Crippen LogP contribution in [0, 0.1) is 18.6 Å². The fraction of sp³-hybridized carbons (Fsp3) is 0.0909. The third-order valence-corrected chi connectivity index (χ3v) is 3.37. The number of nitrogen functional groups attached to an aromatic ring is 1. The van der Waals surface area contributed by atoms with E-state index in [2.05, 4.69) is 0 Å². The van der Waals surface area contributed by atoms with Gasteiger partial charge in [0, 0.05) is 5.69 Å². The van der Waals surface area contributed by atoms with Crippen molar-refractivity contribution in [3.8, 4) is 0 Å². The van der Waals surface area contributed by atoms with Gasteiger partial charge in [-0.25, -0.2) is 8.78 Å². The van der Waals surface area contributed by atoms with Gasteiger partial charge in [0.1, 0.15) is 5.76 Å². The Balaban J connectivity index is 2.42. The Hall–Kier alpha value is -1.49. The maximum Gasteiger partial charge on any atom is 0.174 e.